The molecule has 0 aliphatic rings. The molecule has 0 unspecified atom stereocenters. The second kappa shape index (κ2) is 8.63. The van der Waals surface area contributed by atoms with E-state index in [2.05, 4.69) is 20.6 Å². The summed E-state index contributed by atoms with van der Waals surface area (Å²) in [4.78, 5) is 31.2. The highest BCUT2D eigenvalue weighted by atomic mass is 16.5. The number of amides is 2. The first kappa shape index (κ1) is 18.8. The third-order valence-corrected chi connectivity index (χ3v) is 3.90. The molecule has 3 rings (SSSR count). The molecule has 0 saturated carbocycles. The fourth-order valence-corrected chi connectivity index (χ4v) is 2.43. The molecule has 8 heteroatoms. The molecule has 0 saturated heterocycles. The van der Waals surface area contributed by atoms with Crippen LogP contribution in [0.1, 0.15) is 10.4 Å². The van der Waals surface area contributed by atoms with E-state index in [0.717, 1.165) is 22.6 Å². The van der Waals surface area contributed by atoms with Crippen LogP contribution in [-0.2, 0) is 4.79 Å². The van der Waals surface area contributed by atoms with Gasteiger partial charge in [0.05, 0.1) is 13.7 Å². The summed E-state index contributed by atoms with van der Waals surface area (Å²) in [5, 5.41) is 5.50. The van der Waals surface area contributed by atoms with Gasteiger partial charge in [-0.25, -0.2) is 9.97 Å². The Bertz CT molecular complexity index is 955. The number of carbonyl (C=O) groups excluding carboxylic acids is 2. The first-order valence-electron chi connectivity index (χ1n) is 8.45. The minimum absolute atomic E-state index is 0.201. The van der Waals surface area contributed by atoms with Gasteiger partial charge in [-0.05, 0) is 42.0 Å². The number of nitrogens with one attached hydrogen (secondary N) is 2. The SMILES string of the molecule is COc1ccc(-c2cnc(Nc3ccc(C(=O)NCC(N)=O)cc3)nc2)cc1. The van der Waals surface area contributed by atoms with E-state index in [1.54, 1.807) is 43.8 Å². The lowest BCUT2D eigenvalue weighted by molar-refractivity contribution is -0.117. The summed E-state index contributed by atoms with van der Waals surface area (Å²) in [6.07, 6.45) is 3.45. The van der Waals surface area contributed by atoms with E-state index in [1.807, 2.05) is 24.3 Å². The number of nitrogens with two attached hydrogens (primary N) is 1. The van der Waals surface area contributed by atoms with Gasteiger partial charge < -0.3 is 21.1 Å². The van der Waals surface area contributed by atoms with E-state index in [-0.39, 0.29) is 12.5 Å². The lowest BCUT2D eigenvalue weighted by atomic mass is 10.1. The molecule has 8 nitrogen and oxygen atoms in total. The third kappa shape index (κ3) is 4.82. The fraction of sp³-hybridized carbons (Fsp3) is 0.100. The number of anilines is 2. The standard InChI is InChI=1S/C20H19N5O3/c1-28-17-8-4-13(5-9-17)15-10-23-20(24-11-15)25-16-6-2-14(3-7-16)19(27)22-12-18(21)26/h2-11H,12H2,1H3,(H2,21,26)(H,22,27)(H,23,24,25). The summed E-state index contributed by atoms with van der Waals surface area (Å²) in [5.41, 5.74) is 8.02. The van der Waals surface area contributed by atoms with E-state index in [4.69, 9.17) is 10.5 Å². The van der Waals surface area contributed by atoms with E-state index >= 15 is 0 Å². The maximum absolute atomic E-state index is 11.9. The summed E-state index contributed by atoms with van der Waals surface area (Å²) >= 11 is 0. The molecule has 28 heavy (non-hydrogen) atoms. The Morgan fingerprint density at radius 2 is 1.61 bits per heavy atom. The van der Waals surface area contributed by atoms with Crippen LogP contribution >= 0.6 is 0 Å². The Morgan fingerprint density at radius 3 is 2.18 bits per heavy atom. The summed E-state index contributed by atoms with van der Waals surface area (Å²) in [5.74, 6) is 0.255. The van der Waals surface area contributed by atoms with Gasteiger partial charge in [0.1, 0.15) is 5.75 Å². The van der Waals surface area contributed by atoms with Crippen LogP contribution in [0.4, 0.5) is 11.6 Å². The van der Waals surface area contributed by atoms with Crippen LogP contribution in [0.5, 0.6) is 5.75 Å². The molecule has 1 aromatic heterocycles. The first-order valence-corrected chi connectivity index (χ1v) is 8.45. The monoisotopic (exact) mass is 377 g/mol. The molecular weight excluding hydrogens is 358 g/mol. The van der Waals surface area contributed by atoms with Crippen molar-refractivity contribution in [3.05, 3.63) is 66.5 Å². The van der Waals surface area contributed by atoms with Crippen molar-refractivity contribution in [1.29, 1.82) is 0 Å². The average Bonchev–Trinajstić information content (AvgIpc) is 2.73. The summed E-state index contributed by atoms with van der Waals surface area (Å²) in [6.45, 7) is -0.201. The van der Waals surface area contributed by atoms with Gasteiger partial charge in [0.2, 0.25) is 11.9 Å². The fourth-order valence-electron chi connectivity index (χ4n) is 2.43. The Balaban J connectivity index is 1.63. The number of primary amides is 1. The highest BCUT2D eigenvalue weighted by Gasteiger charge is 2.07. The lowest BCUT2D eigenvalue weighted by Gasteiger charge is -2.08. The molecule has 3 aromatic rings. The molecule has 2 amide bonds. The molecule has 0 fully saturated rings. The van der Waals surface area contributed by atoms with E-state index < -0.39 is 5.91 Å². The number of hydrogen-bond donors (Lipinski definition) is 3. The van der Waals surface area contributed by atoms with Gasteiger partial charge in [0.15, 0.2) is 0 Å². The molecule has 2 aromatic carbocycles. The molecule has 4 N–H and O–H groups in total. The molecule has 0 atom stereocenters. The molecule has 0 radical (unpaired) electrons. The van der Waals surface area contributed by atoms with Crippen LogP contribution < -0.4 is 21.1 Å². The van der Waals surface area contributed by atoms with Crippen LogP contribution in [0.25, 0.3) is 11.1 Å². The second-order valence-electron chi connectivity index (χ2n) is 5.88. The molecule has 0 bridgehead atoms. The van der Waals surface area contributed by atoms with Gasteiger partial charge in [0.25, 0.3) is 5.91 Å². The zero-order chi connectivity index (χ0) is 19.9. The van der Waals surface area contributed by atoms with E-state index in [0.29, 0.717) is 11.5 Å². The Kier molecular flexibility index (Phi) is 5.81. The maximum Gasteiger partial charge on any atom is 0.251 e. The minimum Gasteiger partial charge on any atom is -0.497 e. The van der Waals surface area contributed by atoms with Crippen molar-refractivity contribution in [2.45, 2.75) is 0 Å². The summed E-state index contributed by atoms with van der Waals surface area (Å²) in [6, 6.07) is 14.3. The number of aromatic nitrogens is 2. The number of benzene rings is 2. The van der Waals surface area contributed by atoms with Crippen molar-refractivity contribution in [3.63, 3.8) is 0 Å². The number of carbonyl (C=O) groups is 2. The number of rotatable bonds is 7. The minimum atomic E-state index is -0.595. The van der Waals surface area contributed by atoms with Crippen molar-refractivity contribution in [2.24, 2.45) is 5.73 Å². The molecular formula is C20H19N5O3. The molecule has 1 heterocycles. The lowest BCUT2D eigenvalue weighted by Crippen LogP contribution is -2.33. The van der Waals surface area contributed by atoms with E-state index in [9.17, 15) is 9.59 Å². The zero-order valence-corrected chi connectivity index (χ0v) is 15.2. The van der Waals surface area contributed by atoms with Gasteiger partial charge in [-0.15, -0.1) is 0 Å². The topological polar surface area (TPSA) is 119 Å². The predicted octanol–water partition coefficient (Wildman–Crippen LogP) is 2.11. The first-order chi connectivity index (χ1) is 13.5. The molecule has 0 spiro atoms. The number of ether oxygens (including phenoxy) is 1. The molecule has 0 aliphatic heterocycles. The van der Waals surface area contributed by atoms with Crippen molar-refractivity contribution >= 4 is 23.5 Å². The summed E-state index contributed by atoms with van der Waals surface area (Å²) < 4.78 is 5.15. The maximum atomic E-state index is 11.9. The van der Waals surface area contributed by atoms with Crippen LogP contribution in [-0.4, -0.2) is 35.4 Å². The summed E-state index contributed by atoms with van der Waals surface area (Å²) in [7, 11) is 1.62. The van der Waals surface area contributed by atoms with Gasteiger partial charge in [-0.2, -0.15) is 0 Å². The van der Waals surface area contributed by atoms with Crippen molar-refractivity contribution in [1.82, 2.24) is 15.3 Å². The largest absolute Gasteiger partial charge is 0.497 e. The van der Waals surface area contributed by atoms with Gasteiger partial charge in [0, 0.05) is 29.2 Å². The molecule has 0 aliphatic carbocycles. The van der Waals surface area contributed by atoms with Crippen LogP contribution in [0.3, 0.4) is 0 Å². The normalized spacial score (nSPS) is 10.2. The predicted molar refractivity (Wildman–Crippen MR) is 105 cm³/mol. The Labute approximate surface area is 161 Å². The number of methoxy groups -OCH3 is 1. The van der Waals surface area contributed by atoms with Crippen LogP contribution in [0, 0.1) is 0 Å². The Hall–Kier alpha value is -3.94. The van der Waals surface area contributed by atoms with Crippen LogP contribution in [0.15, 0.2) is 60.9 Å². The van der Waals surface area contributed by atoms with Gasteiger partial charge in [-0.1, -0.05) is 12.1 Å². The van der Waals surface area contributed by atoms with Crippen molar-refractivity contribution in [3.8, 4) is 16.9 Å². The Morgan fingerprint density at radius 1 is 0.964 bits per heavy atom. The van der Waals surface area contributed by atoms with Gasteiger partial charge >= 0.3 is 0 Å². The number of nitrogens with zero attached hydrogens (tertiary/aromatic N) is 2. The van der Waals surface area contributed by atoms with Crippen molar-refractivity contribution < 1.29 is 14.3 Å². The molecule has 142 valence electrons. The third-order valence-electron chi connectivity index (χ3n) is 3.90. The average molecular weight is 377 g/mol. The quantitative estimate of drug-likeness (QED) is 0.580. The smallest absolute Gasteiger partial charge is 0.251 e. The zero-order valence-electron chi connectivity index (χ0n) is 15.2. The highest BCUT2D eigenvalue weighted by Crippen LogP contribution is 2.22. The second-order valence-corrected chi connectivity index (χ2v) is 5.88. The number of hydrogen-bond acceptors (Lipinski definition) is 6. The highest BCUT2D eigenvalue weighted by molar-refractivity contribution is 5.96. The van der Waals surface area contributed by atoms with E-state index in [1.165, 1.54) is 0 Å². The van der Waals surface area contributed by atoms with Crippen LogP contribution in [0.2, 0.25) is 0 Å². The van der Waals surface area contributed by atoms with Gasteiger partial charge in [-0.3, -0.25) is 9.59 Å². The van der Waals surface area contributed by atoms with Crippen molar-refractivity contribution in [2.75, 3.05) is 19.0 Å².